The maximum absolute atomic E-state index is 12.8. The molecule has 0 bridgehead atoms. The minimum atomic E-state index is -3.53. The molecule has 0 saturated carbocycles. The summed E-state index contributed by atoms with van der Waals surface area (Å²) >= 11 is 1.47. The van der Waals surface area contributed by atoms with Crippen LogP contribution in [0.15, 0.2) is 35.2 Å². The highest BCUT2D eigenvalue weighted by molar-refractivity contribution is 7.89. The van der Waals surface area contributed by atoms with Crippen LogP contribution in [0.3, 0.4) is 0 Å². The average molecular weight is 393 g/mol. The summed E-state index contributed by atoms with van der Waals surface area (Å²) in [5.41, 5.74) is 1.01. The molecule has 2 aromatic rings. The van der Waals surface area contributed by atoms with Gasteiger partial charge >= 0.3 is 0 Å². The van der Waals surface area contributed by atoms with Crippen LogP contribution >= 0.6 is 11.3 Å². The fourth-order valence-corrected chi connectivity index (χ4v) is 5.97. The average Bonchev–Trinajstić information content (AvgIpc) is 3.00. The number of piperazine rings is 1. The van der Waals surface area contributed by atoms with Crippen LogP contribution in [0.1, 0.15) is 30.5 Å². The lowest BCUT2D eigenvalue weighted by Gasteiger charge is -2.34. The second kappa shape index (κ2) is 7.30. The molecule has 1 aliphatic heterocycles. The second-order valence-electron chi connectivity index (χ2n) is 6.21. The monoisotopic (exact) mass is 392 g/mol. The zero-order chi connectivity index (χ0) is 18.9. The van der Waals surface area contributed by atoms with Crippen molar-refractivity contribution in [2.45, 2.75) is 18.7 Å². The minimum Gasteiger partial charge on any atom is -0.336 e. The van der Waals surface area contributed by atoms with E-state index >= 15 is 0 Å². The van der Waals surface area contributed by atoms with Crippen molar-refractivity contribution in [2.75, 3.05) is 26.2 Å². The summed E-state index contributed by atoms with van der Waals surface area (Å²) in [6, 6.07) is 8.14. The Morgan fingerprint density at radius 3 is 2.19 bits per heavy atom. The molecule has 0 radical (unpaired) electrons. The first-order valence-electron chi connectivity index (χ1n) is 8.24. The SMILES string of the molecule is Cc1cc(S(=O)(=O)N2CCN(C(=O)c3ccc(C=O)cc3)CC2)c(C)s1. The normalized spacial score (nSPS) is 15.8. The van der Waals surface area contributed by atoms with E-state index in [1.165, 1.54) is 15.6 Å². The number of rotatable bonds is 4. The Morgan fingerprint density at radius 1 is 1.08 bits per heavy atom. The van der Waals surface area contributed by atoms with Gasteiger partial charge < -0.3 is 4.90 Å². The van der Waals surface area contributed by atoms with Crippen molar-refractivity contribution in [3.05, 3.63) is 51.2 Å². The third-order valence-corrected chi connectivity index (χ3v) is 7.55. The van der Waals surface area contributed by atoms with Gasteiger partial charge in [0, 0.05) is 47.1 Å². The van der Waals surface area contributed by atoms with E-state index < -0.39 is 10.0 Å². The molecular formula is C18H20N2O4S2. The van der Waals surface area contributed by atoms with Crippen molar-refractivity contribution < 1.29 is 18.0 Å². The molecule has 26 heavy (non-hydrogen) atoms. The summed E-state index contributed by atoms with van der Waals surface area (Å²) in [7, 11) is -3.53. The fraction of sp³-hybridized carbons (Fsp3) is 0.333. The van der Waals surface area contributed by atoms with E-state index in [0.717, 1.165) is 16.0 Å². The molecule has 1 saturated heterocycles. The minimum absolute atomic E-state index is 0.151. The van der Waals surface area contributed by atoms with E-state index in [-0.39, 0.29) is 19.0 Å². The number of aldehydes is 1. The predicted molar refractivity (Wildman–Crippen MR) is 100 cm³/mol. The summed E-state index contributed by atoms with van der Waals surface area (Å²) in [4.78, 5) is 27.0. The number of benzene rings is 1. The number of hydrogen-bond donors (Lipinski definition) is 0. The molecule has 138 valence electrons. The van der Waals surface area contributed by atoms with E-state index in [1.807, 2.05) is 13.8 Å². The first-order valence-corrected chi connectivity index (χ1v) is 10.5. The number of amides is 1. The Labute approximate surface area is 157 Å². The van der Waals surface area contributed by atoms with Crippen molar-refractivity contribution in [2.24, 2.45) is 0 Å². The predicted octanol–water partition coefficient (Wildman–Crippen LogP) is 2.32. The molecule has 2 heterocycles. The van der Waals surface area contributed by atoms with Crippen LogP contribution in [0.25, 0.3) is 0 Å². The van der Waals surface area contributed by atoms with Gasteiger partial charge in [0.1, 0.15) is 6.29 Å². The number of hydrogen-bond acceptors (Lipinski definition) is 5. The third-order valence-electron chi connectivity index (χ3n) is 4.43. The first-order chi connectivity index (χ1) is 12.3. The summed E-state index contributed by atoms with van der Waals surface area (Å²) in [5.74, 6) is -0.151. The zero-order valence-electron chi connectivity index (χ0n) is 14.6. The molecule has 1 amide bonds. The van der Waals surface area contributed by atoms with E-state index in [1.54, 1.807) is 35.2 Å². The summed E-state index contributed by atoms with van der Waals surface area (Å²) in [5, 5.41) is 0. The fourth-order valence-electron chi connectivity index (χ4n) is 3.02. The van der Waals surface area contributed by atoms with Crippen LogP contribution in [0, 0.1) is 13.8 Å². The molecule has 0 spiro atoms. The highest BCUT2D eigenvalue weighted by atomic mass is 32.2. The smallest absolute Gasteiger partial charge is 0.253 e. The summed E-state index contributed by atoms with van der Waals surface area (Å²) < 4.78 is 27.1. The zero-order valence-corrected chi connectivity index (χ0v) is 16.3. The van der Waals surface area contributed by atoms with Gasteiger partial charge in [-0.2, -0.15) is 4.31 Å². The molecule has 1 aromatic heterocycles. The first kappa shape index (κ1) is 18.8. The molecule has 1 aromatic carbocycles. The summed E-state index contributed by atoms with van der Waals surface area (Å²) in [6.45, 7) is 4.94. The van der Waals surface area contributed by atoms with Crippen LogP contribution in [0.2, 0.25) is 0 Å². The lowest BCUT2D eigenvalue weighted by molar-refractivity contribution is 0.0697. The van der Waals surface area contributed by atoms with Crippen LogP contribution in [-0.4, -0.2) is 56.0 Å². The number of sulfonamides is 1. The highest BCUT2D eigenvalue weighted by Crippen LogP contribution is 2.28. The second-order valence-corrected chi connectivity index (χ2v) is 9.58. The highest BCUT2D eigenvalue weighted by Gasteiger charge is 2.32. The molecule has 1 fully saturated rings. The van der Waals surface area contributed by atoms with Crippen LogP contribution in [0.4, 0.5) is 0 Å². The quantitative estimate of drug-likeness (QED) is 0.749. The molecule has 1 aliphatic rings. The number of aryl methyl sites for hydroxylation is 2. The van der Waals surface area contributed by atoms with Gasteiger partial charge in [-0.3, -0.25) is 9.59 Å². The molecule has 0 unspecified atom stereocenters. The number of carbonyl (C=O) groups is 2. The maximum atomic E-state index is 12.8. The third kappa shape index (κ3) is 3.58. The van der Waals surface area contributed by atoms with E-state index in [2.05, 4.69) is 0 Å². The van der Waals surface area contributed by atoms with Gasteiger partial charge in [-0.15, -0.1) is 11.3 Å². The molecular weight excluding hydrogens is 372 g/mol. The van der Waals surface area contributed by atoms with E-state index in [9.17, 15) is 18.0 Å². The largest absolute Gasteiger partial charge is 0.336 e. The molecule has 0 aliphatic carbocycles. The number of carbonyl (C=O) groups excluding carboxylic acids is 2. The lowest BCUT2D eigenvalue weighted by atomic mass is 10.1. The van der Waals surface area contributed by atoms with Gasteiger partial charge in [0.2, 0.25) is 10.0 Å². The Balaban J connectivity index is 1.69. The molecule has 0 N–H and O–H groups in total. The van der Waals surface area contributed by atoms with Crippen LogP contribution in [0.5, 0.6) is 0 Å². The molecule has 6 nitrogen and oxygen atoms in total. The molecule has 3 rings (SSSR count). The van der Waals surface area contributed by atoms with Crippen molar-refractivity contribution >= 4 is 33.6 Å². The van der Waals surface area contributed by atoms with Crippen molar-refractivity contribution in [1.29, 1.82) is 0 Å². The van der Waals surface area contributed by atoms with Crippen molar-refractivity contribution in [3.63, 3.8) is 0 Å². The standard InChI is InChI=1S/C18H20N2O4S2/c1-13-11-17(14(2)25-13)26(23,24)20-9-7-19(8-10-20)18(22)16-5-3-15(12-21)4-6-16/h3-6,11-12H,7-10H2,1-2H3. The van der Waals surface area contributed by atoms with Gasteiger partial charge in [0.15, 0.2) is 0 Å². The van der Waals surface area contributed by atoms with E-state index in [0.29, 0.717) is 29.1 Å². The van der Waals surface area contributed by atoms with Crippen molar-refractivity contribution in [3.8, 4) is 0 Å². The Bertz CT molecular complexity index is 925. The maximum Gasteiger partial charge on any atom is 0.253 e. The molecule has 8 heteroatoms. The topological polar surface area (TPSA) is 74.8 Å². The van der Waals surface area contributed by atoms with Gasteiger partial charge in [-0.1, -0.05) is 12.1 Å². The van der Waals surface area contributed by atoms with Gasteiger partial charge in [-0.25, -0.2) is 8.42 Å². The van der Waals surface area contributed by atoms with Crippen LogP contribution in [-0.2, 0) is 10.0 Å². The lowest BCUT2D eigenvalue weighted by Crippen LogP contribution is -2.50. The Hall–Kier alpha value is -2.03. The van der Waals surface area contributed by atoms with Crippen molar-refractivity contribution in [1.82, 2.24) is 9.21 Å². The Morgan fingerprint density at radius 2 is 1.69 bits per heavy atom. The van der Waals surface area contributed by atoms with E-state index in [4.69, 9.17) is 0 Å². The Kier molecular flexibility index (Phi) is 5.27. The van der Waals surface area contributed by atoms with Crippen LogP contribution < -0.4 is 0 Å². The number of thiophene rings is 1. The number of nitrogens with zero attached hydrogens (tertiary/aromatic N) is 2. The van der Waals surface area contributed by atoms with Gasteiger partial charge in [0.05, 0.1) is 4.90 Å². The molecule has 0 atom stereocenters. The van der Waals surface area contributed by atoms with Gasteiger partial charge in [-0.05, 0) is 32.0 Å². The van der Waals surface area contributed by atoms with Gasteiger partial charge in [0.25, 0.3) is 5.91 Å². The summed E-state index contributed by atoms with van der Waals surface area (Å²) in [6.07, 6.45) is 0.728.